The standard InChI is InChI=1S/C22H13N3O3.CH4O/c26-20-18-7-3-11-24-21(18)25(14-19(20)22(27)28)17-6-1-4-15(12-17)8-9-16-5-2-10-23-13-16;1-2/h1-7,10-14H,(H,27,28);2H,1H3. The van der Waals surface area contributed by atoms with E-state index in [-0.39, 0.29) is 10.9 Å². The molecule has 0 spiro atoms. The number of hydrogen-bond donors (Lipinski definition) is 2. The highest BCUT2D eigenvalue weighted by atomic mass is 16.4. The number of aromatic nitrogens is 3. The highest BCUT2D eigenvalue weighted by molar-refractivity contribution is 5.92. The molecule has 30 heavy (non-hydrogen) atoms. The van der Waals surface area contributed by atoms with Gasteiger partial charge in [-0.3, -0.25) is 9.78 Å². The number of aliphatic hydroxyl groups is 1. The molecule has 3 heterocycles. The molecule has 7 nitrogen and oxygen atoms in total. The number of carbonyl (C=O) groups is 1. The third-order valence-electron chi connectivity index (χ3n) is 4.13. The largest absolute Gasteiger partial charge is 0.477 e. The van der Waals surface area contributed by atoms with Crippen molar-refractivity contribution in [3.8, 4) is 17.5 Å². The zero-order valence-electron chi connectivity index (χ0n) is 16.0. The van der Waals surface area contributed by atoms with E-state index in [4.69, 9.17) is 5.11 Å². The van der Waals surface area contributed by atoms with Crippen LogP contribution in [0.4, 0.5) is 0 Å². The van der Waals surface area contributed by atoms with Gasteiger partial charge in [0, 0.05) is 48.7 Å². The molecule has 0 unspecified atom stereocenters. The quantitative estimate of drug-likeness (QED) is 0.502. The average molecular weight is 399 g/mol. The molecule has 0 bridgehead atoms. The molecule has 0 aliphatic carbocycles. The Balaban J connectivity index is 0.00000124. The molecule has 1 aromatic carbocycles. The maximum absolute atomic E-state index is 12.4. The van der Waals surface area contributed by atoms with Gasteiger partial charge in [0.2, 0.25) is 5.43 Å². The number of carboxylic acids is 1. The van der Waals surface area contributed by atoms with Crippen LogP contribution < -0.4 is 5.43 Å². The molecule has 0 atom stereocenters. The number of fused-ring (bicyclic) bond motifs is 1. The summed E-state index contributed by atoms with van der Waals surface area (Å²) in [6, 6.07) is 14.1. The van der Waals surface area contributed by atoms with Crippen molar-refractivity contribution in [1.82, 2.24) is 14.5 Å². The minimum absolute atomic E-state index is 0.245. The molecule has 0 saturated carbocycles. The Labute approximate surface area is 171 Å². The van der Waals surface area contributed by atoms with Gasteiger partial charge in [0.15, 0.2) is 0 Å². The van der Waals surface area contributed by atoms with Crippen LogP contribution in [0.25, 0.3) is 16.7 Å². The van der Waals surface area contributed by atoms with Crippen molar-refractivity contribution in [3.63, 3.8) is 0 Å². The van der Waals surface area contributed by atoms with E-state index >= 15 is 0 Å². The number of nitrogens with zero attached hydrogens (tertiary/aromatic N) is 3. The lowest BCUT2D eigenvalue weighted by atomic mass is 10.1. The first-order chi connectivity index (χ1) is 14.6. The van der Waals surface area contributed by atoms with Crippen LogP contribution in [0.2, 0.25) is 0 Å². The van der Waals surface area contributed by atoms with E-state index in [1.165, 1.54) is 6.20 Å². The minimum atomic E-state index is -1.28. The normalized spacial score (nSPS) is 9.80. The van der Waals surface area contributed by atoms with Crippen molar-refractivity contribution in [2.24, 2.45) is 0 Å². The Morgan fingerprint density at radius 2 is 1.73 bits per heavy atom. The van der Waals surface area contributed by atoms with Crippen LogP contribution in [0, 0.1) is 11.8 Å². The lowest BCUT2D eigenvalue weighted by Crippen LogP contribution is -2.18. The summed E-state index contributed by atoms with van der Waals surface area (Å²) in [7, 11) is 1.00. The number of rotatable bonds is 2. The summed E-state index contributed by atoms with van der Waals surface area (Å²) in [4.78, 5) is 32.2. The van der Waals surface area contributed by atoms with Crippen molar-refractivity contribution < 1.29 is 15.0 Å². The average Bonchev–Trinajstić information content (AvgIpc) is 2.80. The van der Waals surface area contributed by atoms with Gasteiger partial charge in [-0.25, -0.2) is 9.78 Å². The molecular formula is C23H17N3O4. The highest BCUT2D eigenvalue weighted by Gasteiger charge is 2.15. The molecule has 7 heteroatoms. The second-order valence-electron chi connectivity index (χ2n) is 5.96. The molecule has 3 aromatic heterocycles. The van der Waals surface area contributed by atoms with Crippen molar-refractivity contribution in [2.75, 3.05) is 7.11 Å². The maximum Gasteiger partial charge on any atom is 0.341 e. The Morgan fingerprint density at radius 3 is 2.47 bits per heavy atom. The number of pyridine rings is 3. The van der Waals surface area contributed by atoms with Crippen LogP contribution in [0.1, 0.15) is 21.5 Å². The number of aromatic carboxylic acids is 1. The molecule has 0 fully saturated rings. The summed E-state index contributed by atoms with van der Waals surface area (Å²) >= 11 is 0. The summed E-state index contributed by atoms with van der Waals surface area (Å²) < 4.78 is 1.59. The first-order valence-electron chi connectivity index (χ1n) is 8.84. The van der Waals surface area contributed by atoms with Gasteiger partial charge in [-0.2, -0.15) is 0 Å². The molecule has 148 valence electrons. The Kier molecular flexibility index (Phi) is 6.33. The van der Waals surface area contributed by atoms with E-state index in [1.807, 2.05) is 30.3 Å². The van der Waals surface area contributed by atoms with Crippen molar-refractivity contribution in [1.29, 1.82) is 0 Å². The second-order valence-corrected chi connectivity index (χ2v) is 5.96. The molecule has 0 saturated heterocycles. The summed E-state index contributed by atoms with van der Waals surface area (Å²) in [5.41, 5.74) is 1.70. The monoisotopic (exact) mass is 399 g/mol. The van der Waals surface area contributed by atoms with Crippen molar-refractivity contribution in [3.05, 3.63) is 100 Å². The van der Waals surface area contributed by atoms with Gasteiger partial charge < -0.3 is 14.8 Å². The first kappa shape index (κ1) is 20.5. The van der Waals surface area contributed by atoms with Crippen LogP contribution in [-0.2, 0) is 0 Å². The molecule has 4 aromatic rings. The van der Waals surface area contributed by atoms with Crippen LogP contribution in [-0.4, -0.2) is 37.8 Å². The fourth-order valence-electron chi connectivity index (χ4n) is 2.82. The minimum Gasteiger partial charge on any atom is -0.477 e. The molecule has 2 N–H and O–H groups in total. The highest BCUT2D eigenvalue weighted by Crippen LogP contribution is 2.17. The van der Waals surface area contributed by atoms with E-state index in [0.717, 1.165) is 18.2 Å². The van der Waals surface area contributed by atoms with E-state index in [1.54, 1.807) is 41.4 Å². The summed E-state index contributed by atoms with van der Waals surface area (Å²) in [6.45, 7) is 0. The van der Waals surface area contributed by atoms with Crippen molar-refractivity contribution in [2.45, 2.75) is 0 Å². The van der Waals surface area contributed by atoms with Gasteiger partial charge in [-0.15, -0.1) is 0 Å². The van der Waals surface area contributed by atoms with Crippen LogP contribution in [0.3, 0.4) is 0 Å². The lowest BCUT2D eigenvalue weighted by Gasteiger charge is -2.11. The topological polar surface area (TPSA) is 105 Å². The molecule has 0 aliphatic heterocycles. The van der Waals surface area contributed by atoms with Gasteiger partial charge in [-0.05, 0) is 42.5 Å². The van der Waals surface area contributed by atoms with Gasteiger partial charge in [-0.1, -0.05) is 17.9 Å². The number of aliphatic hydroxyl groups excluding tert-OH is 1. The van der Waals surface area contributed by atoms with Crippen molar-refractivity contribution >= 4 is 17.0 Å². The maximum atomic E-state index is 12.4. The van der Waals surface area contributed by atoms with Crippen LogP contribution in [0.5, 0.6) is 0 Å². The lowest BCUT2D eigenvalue weighted by molar-refractivity contribution is 0.0695. The number of carboxylic acid groups (broad SMARTS) is 1. The first-order valence-corrected chi connectivity index (χ1v) is 8.84. The zero-order valence-corrected chi connectivity index (χ0v) is 16.0. The predicted molar refractivity (Wildman–Crippen MR) is 113 cm³/mol. The van der Waals surface area contributed by atoms with Crippen LogP contribution in [0.15, 0.2) is 78.1 Å². The number of benzene rings is 1. The summed E-state index contributed by atoms with van der Waals surface area (Å²) in [6.07, 6.45) is 6.22. The van der Waals surface area contributed by atoms with Crippen LogP contribution >= 0.6 is 0 Å². The smallest absolute Gasteiger partial charge is 0.341 e. The molecule has 0 amide bonds. The second kappa shape index (κ2) is 9.28. The Morgan fingerprint density at radius 1 is 1.00 bits per heavy atom. The van der Waals surface area contributed by atoms with E-state index in [0.29, 0.717) is 11.3 Å². The fraction of sp³-hybridized carbons (Fsp3) is 0.0435. The summed E-state index contributed by atoms with van der Waals surface area (Å²) in [5.74, 6) is 4.82. The Hall–Kier alpha value is -4.28. The van der Waals surface area contributed by atoms with E-state index in [2.05, 4.69) is 21.8 Å². The number of hydrogen-bond acceptors (Lipinski definition) is 5. The summed E-state index contributed by atoms with van der Waals surface area (Å²) in [5, 5.41) is 16.6. The molecular weight excluding hydrogens is 382 g/mol. The van der Waals surface area contributed by atoms with Gasteiger partial charge in [0.1, 0.15) is 11.2 Å². The third-order valence-corrected chi connectivity index (χ3v) is 4.13. The van der Waals surface area contributed by atoms with Gasteiger partial charge >= 0.3 is 5.97 Å². The van der Waals surface area contributed by atoms with E-state index < -0.39 is 11.4 Å². The van der Waals surface area contributed by atoms with Gasteiger partial charge in [0.25, 0.3) is 0 Å². The van der Waals surface area contributed by atoms with Gasteiger partial charge in [0.05, 0.1) is 5.39 Å². The molecule has 0 aliphatic rings. The predicted octanol–water partition coefficient (Wildman–Crippen LogP) is 2.49. The van der Waals surface area contributed by atoms with E-state index in [9.17, 15) is 14.7 Å². The molecule has 0 radical (unpaired) electrons. The fourth-order valence-corrected chi connectivity index (χ4v) is 2.82. The third kappa shape index (κ3) is 4.24. The zero-order chi connectivity index (χ0) is 21.5. The SMILES string of the molecule is CO.O=C(O)c1cn(-c2cccc(C#Cc3cccnc3)c2)c2ncccc2c1=O. The molecule has 4 rings (SSSR count). The Bertz CT molecular complexity index is 1320.